The maximum Gasteiger partial charge on any atom is 0.0320 e. The molecule has 15 heavy (non-hydrogen) atoms. The summed E-state index contributed by atoms with van der Waals surface area (Å²) in [6, 6.07) is 15.5. The highest BCUT2D eigenvalue weighted by Gasteiger charge is 1.97. The van der Waals surface area contributed by atoms with Gasteiger partial charge in [0.2, 0.25) is 0 Å². The quantitative estimate of drug-likeness (QED) is 0.695. The molecule has 2 aromatic rings. The van der Waals surface area contributed by atoms with Crippen molar-refractivity contribution in [1.82, 2.24) is 0 Å². The number of rotatable bonds is 1. The van der Waals surface area contributed by atoms with Crippen molar-refractivity contribution >= 4 is 11.4 Å². The average molecular weight is 200 g/mol. The smallest absolute Gasteiger partial charge is 0.0320 e. The lowest BCUT2D eigenvalue weighted by atomic mass is 10.0. The van der Waals surface area contributed by atoms with Crippen molar-refractivity contribution in [2.24, 2.45) is 0 Å². The zero-order valence-corrected chi connectivity index (χ0v) is 7.77. The van der Waals surface area contributed by atoms with Gasteiger partial charge in [-0.1, -0.05) is 31.7 Å². The first-order valence-electron chi connectivity index (χ1n) is 4.47. The van der Waals surface area contributed by atoms with Gasteiger partial charge in [0.25, 0.3) is 0 Å². The third kappa shape index (κ3) is 2.50. The lowest BCUT2D eigenvalue weighted by Gasteiger charge is -2.03. The van der Waals surface area contributed by atoms with Crippen LogP contribution in [0.2, 0.25) is 0 Å². The lowest BCUT2D eigenvalue weighted by Crippen LogP contribution is -1.87. The summed E-state index contributed by atoms with van der Waals surface area (Å²) in [6.07, 6.45) is 0. The Labute approximate surface area is 90.5 Å². The Hall–Kier alpha value is -1.96. The van der Waals surface area contributed by atoms with Crippen molar-refractivity contribution in [2.75, 3.05) is 11.5 Å². The number of anilines is 2. The second-order valence-electron chi connectivity index (χ2n) is 3.25. The molecule has 0 aromatic heterocycles. The Kier molecular flexibility index (Phi) is 3.34. The molecule has 0 aliphatic heterocycles. The predicted molar refractivity (Wildman–Crippen MR) is 67.4 cm³/mol. The maximum absolute atomic E-state index is 5.70. The number of nitrogen functional groups attached to an aromatic ring is 2. The highest BCUT2D eigenvalue weighted by molar-refractivity contribution is 5.70. The van der Waals surface area contributed by atoms with E-state index < -0.39 is 0 Å². The van der Waals surface area contributed by atoms with Gasteiger partial charge in [0.15, 0.2) is 0 Å². The van der Waals surface area contributed by atoms with Crippen LogP contribution >= 0.6 is 0 Å². The Morgan fingerprint density at radius 3 is 1.40 bits per heavy atom. The molecule has 0 radical (unpaired) electrons. The molecule has 0 atom stereocenters. The van der Waals surface area contributed by atoms with Crippen molar-refractivity contribution in [3.8, 4) is 11.1 Å². The normalized spacial score (nSPS) is 9.33. The van der Waals surface area contributed by atoms with E-state index >= 15 is 0 Å². The molecule has 2 aromatic carbocycles. The zero-order chi connectivity index (χ0) is 9.97. The van der Waals surface area contributed by atoms with Crippen LogP contribution in [0.4, 0.5) is 11.4 Å². The average Bonchev–Trinajstić information content (AvgIpc) is 2.18. The second kappa shape index (κ2) is 4.51. The van der Waals surface area contributed by atoms with Gasteiger partial charge in [-0.15, -0.1) is 0 Å². The molecular weight excluding hydrogens is 184 g/mol. The molecule has 0 amide bonds. The third-order valence-corrected chi connectivity index (χ3v) is 2.11. The monoisotopic (exact) mass is 200 g/mol. The zero-order valence-electron chi connectivity index (χ0n) is 7.77. The van der Waals surface area contributed by atoms with Gasteiger partial charge in [-0.3, -0.25) is 0 Å². The fourth-order valence-corrected chi connectivity index (χ4v) is 1.44. The van der Waals surface area contributed by atoms with Gasteiger partial charge in [0.05, 0.1) is 0 Å². The molecule has 4 N–H and O–H groups in total. The second-order valence-corrected chi connectivity index (χ2v) is 3.25. The first kappa shape index (κ1) is 11.1. The summed E-state index contributed by atoms with van der Waals surface area (Å²) in [4.78, 5) is 0. The molecule has 0 aliphatic carbocycles. The Morgan fingerprint density at radius 1 is 0.667 bits per heavy atom. The van der Waals surface area contributed by atoms with Gasteiger partial charge < -0.3 is 11.5 Å². The molecule has 0 saturated heterocycles. The summed E-state index contributed by atoms with van der Waals surface area (Å²) in [5.41, 5.74) is 15.1. The lowest BCUT2D eigenvalue weighted by molar-refractivity contribution is 1.61. The molecule has 0 fully saturated rings. The van der Waals surface area contributed by atoms with Crippen LogP contribution in [0, 0.1) is 0 Å². The van der Waals surface area contributed by atoms with Crippen molar-refractivity contribution in [3.63, 3.8) is 0 Å². The van der Waals surface area contributed by atoms with E-state index in [9.17, 15) is 0 Å². The van der Waals surface area contributed by atoms with Crippen LogP contribution in [-0.2, 0) is 0 Å². The van der Waals surface area contributed by atoms with Gasteiger partial charge in [0, 0.05) is 11.4 Å². The van der Waals surface area contributed by atoms with E-state index in [1.54, 1.807) is 0 Å². The van der Waals surface area contributed by atoms with E-state index in [1.165, 1.54) is 0 Å². The fourth-order valence-electron chi connectivity index (χ4n) is 1.44. The number of hydrogen-bond acceptors (Lipinski definition) is 2. The van der Waals surface area contributed by atoms with Crippen molar-refractivity contribution in [3.05, 3.63) is 48.5 Å². The third-order valence-electron chi connectivity index (χ3n) is 2.11. The summed E-state index contributed by atoms with van der Waals surface area (Å²) >= 11 is 0. The maximum atomic E-state index is 5.70. The van der Waals surface area contributed by atoms with Crippen LogP contribution in [-0.4, -0.2) is 0 Å². The standard InChI is InChI=1S/C12H12N2.CH4/c13-11-5-1-3-9(7-11)10-4-2-6-12(14)8-10;/h1-8H,13-14H2;1H4. The van der Waals surface area contributed by atoms with Gasteiger partial charge in [0.1, 0.15) is 0 Å². The highest BCUT2D eigenvalue weighted by atomic mass is 14.5. The molecule has 0 spiro atoms. The minimum absolute atomic E-state index is 0. The van der Waals surface area contributed by atoms with Crippen molar-refractivity contribution in [2.45, 2.75) is 7.43 Å². The largest absolute Gasteiger partial charge is 0.399 e. The number of nitrogens with two attached hydrogens (primary N) is 2. The minimum Gasteiger partial charge on any atom is -0.399 e. The van der Waals surface area contributed by atoms with Crippen molar-refractivity contribution in [1.29, 1.82) is 0 Å². The first-order valence-corrected chi connectivity index (χ1v) is 4.47. The Morgan fingerprint density at radius 2 is 1.07 bits per heavy atom. The fraction of sp³-hybridized carbons (Fsp3) is 0.0769. The molecule has 78 valence electrons. The van der Waals surface area contributed by atoms with E-state index in [0.29, 0.717) is 0 Å². The minimum atomic E-state index is 0. The van der Waals surface area contributed by atoms with Crippen LogP contribution in [0.5, 0.6) is 0 Å². The van der Waals surface area contributed by atoms with E-state index in [-0.39, 0.29) is 7.43 Å². The molecule has 2 nitrogen and oxygen atoms in total. The van der Waals surface area contributed by atoms with Crippen LogP contribution in [0.1, 0.15) is 7.43 Å². The van der Waals surface area contributed by atoms with Gasteiger partial charge in [-0.2, -0.15) is 0 Å². The van der Waals surface area contributed by atoms with Crippen LogP contribution in [0.3, 0.4) is 0 Å². The highest BCUT2D eigenvalue weighted by Crippen LogP contribution is 2.22. The molecule has 0 heterocycles. The molecule has 2 rings (SSSR count). The Bertz CT molecular complexity index is 406. The summed E-state index contributed by atoms with van der Waals surface area (Å²) < 4.78 is 0. The molecule has 0 bridgehead atoms. The van der Waals surface area contributed by atoms with E-state index in [0.717, 1.165) is 22.5 Å². The summed E-state index contributed by atoms with van der Waals surface area (Å²) in [5, 5.41) is 0. The van der Waals surface area contributed by atoms with Crippen molar-refractivity contribution < 1.29 is 0 Å². The first-order chi connectivity index (χ1) is 6.75. The topological polar surface area (TPSA) is 52.0 Å². The molecule has 0 unspecified atom stereocenters. The van der Waals surface area contributed by atoms with E-state index in [2.05, 4.69) is 0 Å². The van der Waals surface area contributed by atoms with E-state index in [1.807, 2.05) is 48.5 Å². The Balaban J connectivity index is 0.00000112. The summed E-state index contributed by atoms with van der Waals surface area (Å²) in [5.74, 6) is 0. The van der Waals surface area contributed by atoms with Gasteiger partial charge >= 0.3 is 0 Å². The van der Waals surface area contributed by atoms with Crippen LogP contribution in [0.25, 0.3) is 11.1 Å². The SMILES string of the molecule is C.Nc1cccc(-c2cccc(N)c2)c1. The van der Waals surface area contributed by atoms with Crippen LogP contribution in [0.15, 0.2) is 48.5 Å². The molecule has 2 heteroatoms. The van der Waals surface area contributed by atoms with Gasteiger partial charge in [-0.05, 0) is 35.4 Å². The molecule has 0 saturated carbocycles. The number of hydrogen-bond donors (Lipinski definition) is 2. The summed E-state index contributed by atoms with van der Waals surface area (Å²) in [7, 11) is 0. The predicted octanol–water partition coefficient (Wildman–Crippen LogP) is 3.15. The number of benzene rings is 2. The molecular formula is C13H16N2. The van der Waals surface area contributed by atoms with Gasteiger partial charge in [-0.25, -0.2) is 0 Å². The molecule has 0 aliphatic rings. The van der Waals surface area contributed by atoms with Crippen LogP contribution < -0.4 is 11.5 Å². The summed E-state index contributed by atoms with van der Waals surface area (Å²) in [6.45, 7) is 0. The van der Waals surface area contributed by atoms with E-state index in [4.69, 9.17) is 11.5 Å².